The van der Waals surface area contributed by atoms with Crippen LogP contribution in [0.5, 0.6) is 0 Å². The number of nitrogens with one attached hydrogen (secondary N) is 1. The number of fused-ring (bicyclic) bond motifs is 2. The second-order valence-electron chi connectivity index (χ2n) is 7.76. The normalized spacial score (nSPS) is 13.4. The van der Waals surface area contributed by atoms with Gasteiger partial charge in [-0.1, -0.05) is 24.8 Å². The lowest BCUT2D eigenvalue weighted by molar-refractivity contribution is -0.126. The molecule has 2 heterocycles. The molecule has 0 saturated heterocycles. The van der Waals surface area contributed by atoms with Crippen LogP contribution in [0, 0.1) is 20.8 Å². The molecule has 0 spiro atoms. The Morgan fingerprint density at radius 1 is 1.24 bits per heavy atom. The smallest absolute Gasteiger partial charge is 0.250 e. The zero-order valence-electron chi connectivity index (χ0n) is 17.1. The monoisotopic (exact) mass is 387 g/mol. The van der Waals surface area contributed by atoms with E-state index in [2.05, 4.69) is 30.6 Å². The summed E-state index contributed by atoms with van der Waals surface area (Å²) >= 11 is 0. The topological polar surface area (TPSA) is 79.2 Å². The molecule has 2 amide bonds. The van der Waals surface area contributed by atoms with Gasteiger partial charge in [-0.3, -0.25) is 9.59 Å². The number of carbonyl (C=O) groups excluding carboxylic acids is 2. The first-order chi connectivity index (χ1) is 13.8. The first-order valence-electron chi connectivity index (χ1n) is 9.78. The quantitative estimate of drug-likeness (QED) is 0.668. The minimum atomic E-state index is -0.431. The van der Waals surface area contributed by atoms with E-state index in [-0.39, 0.29) is 5.91 Å². The maximum atomic E-state index is 12.1. The number of benzene rings is 2. The third kappa shape index (κ3) is 2.94. The van der Waals surface area contributed by atoms with Crippen LogP contribution in [-0.2, 0) is 17.8 Å². The summed E-state index contributed by atoms with van der Waals surface area (Å²) in [6.07, 6.45) is 2.16. The highest BCUT2D eigenvalue weighted by molar-refractivity contribution is 6.11. The number of rotatable bonds is 3. The van der Waals surface area contributed by atoms with Crippen LogP contribution < -0.4 is 5.73 Å². The number of nitrogens with two attached hydrogens (primary N) is 1. The molecule has 5 nitrogen and oxygen atoms in total. The van der Waals surface area contributed by atoms with Gasteiger partial charge in [0.05, 0.1) is 11.1 Å². The summed E-state index contributed by atoms with van der Waals surface area (Å²) in [6.45, 7) is 11.0. The molecule has 2 aromatic carbocycles. The molecule has 29 heavy (non-hydrogen) atoms. The van der Waals surface area contributed by atoms with Gasteiger partial charge in [0.2, 0.25) is 5.91 Å². The van der Waals surface area contributed by atoms with E-state index in [1.54, 1.807) is 0 Å². The average Bonchev–Trinajstić information content (AvgIpc) is 3.00. The van der Waals surface area contributed by atoms with E-state index in [9.17, 15) is 9.59 Å². The third-order valence-electron chi connectivity index (χ3n) is 6.06. The summed E-state index contributed by atoms with van der Waals surface area (Å²) in [6, 6.07) is 8.14. The molecule has 0 bridgehead atoms. The van der Waals surface area contributed by atoms with Crippen molar-refractivity contribution in [3.63, 3.8) is 0 Å². The highest BCUT2D eigenvalue weighted by Crippen LogP contribution is 2.40. The van der Waals surface area contributed by atoms with E-state index in [1.807, 2.05) is 30.9 Å². The molecule has 0 unspecified atom stereocenters. The van der Waals surface area contributed by atoms with Crippen LogP contribution >= 0.6 is 0 Å². The van der Waals surface area contributed by atoms with Gasteiger partial charge in [0.25, 0.3) is 5.91 Å². The lowest BCUT2D eigenvalue weighted by Crippen LogP contribution is -2.34. The fraction of sp³-hybridized carbons (Fsp3) is 0.250. The number of carbonyl (C=O) groups is 2. The Kier molecular flexibility index (Phi) is 4.53. The number of aryl methyl sites for hydroxylation is 3. The SMILES string of the molecule is C=CC(=O)N1CCc2c(cccc2-c2c(C)cc(C(N)=O)c3[nH]c(C)c(C)c23)C1. The number of amides is 2. The van der Waals surface area contributed by atoms with Crippen LogP contribution in [0.3, 0.4) is 0 Å². The second kappa shape index (κ2) is 6.92. The van der Waals surface area contributed by atoms with Gasteiger partial charge in [-0.05, 0) is 72.7 Å². The summed E-state index contributed by atoms with van der Waals surface area (Å²) < 4.78 is 0. The van der Waals surface area contributed by atoms with Gasteiger partial charge in [-0.15, -0.1) is 0 Å². The van der Waals surface area contributed by atoms with Crippen LogP contribution in [0.2, 0.25) is 0 Å². The van der Waals surface area contributed by atoms with Crippen LogP contribution in [0.4, 0.5) is 0 Å². The standard InChI is InChI=1S/C24H25N3O2/c1-5-20(28)27-10-9-17-16(12-27)7-6-8-18(17)21-13(2)11-19(24(25)29)23-22(21)14(3)15(4)26-23/h5-8,11,26H,1,9-10,12H2,2-4H3,(H2,25,29). The third-order valence-corrected chi connectivity index (χ3v) is 6.06. The van der Waals surface area contributed by atoms with Crippen LogP contribution in [-0.4, -0.2) is 28.2 Å². The Hall–Kier alpha value is -3.34. The van der Waals surface area contributed by atoms with Gasteiger partial charge in [0.1, 0.15) is 0 Å². The van der Waals surface area contributed by atoms with Crippen molar-refractivity contribution in [1.29, 1.82) is 0 Å². The van der Waals surface area contributed by atoms with Crippen molar-refractivity contribution < 1.29 is 9.59 Å². The molecule has 0 atom stereocenters. The second-order valence-corrected chi connectivity index (χ2v) is 7.76. The number of hydrogen-bond donors (Lipinski definition) is 2. The number of aromatic nitrogens is 1. The Balaban J connectivity index is 1.97. The van der Waals surface area contributed by atoms with Crippen molar-refractivity contribution in [3.8, 4) is 11.1 Å². The Bertz CT molecular complexity index is 1190. The van der Waals surface area contributed by atoms with Crippen molar-refractivity contribution in [1.82, 2.24) is 9.88 Å². The van der Waals surface area contributed by atoms with E-state index in [4.69, 9.17) is 5.73 Å². The molecule has 0 saturated carbocycles. The number of aromatic amines is 1. The van der Waals surface area contributed by atoms with Crippen LogP contribution in [0.1, 0.15) is 38.3 Å². The van der Waals surface area contributed by atoms with Gasteiger partial charge in [0.15, 0.2) is 0 Å². The Morgan fingerprint density at radius 3 is 2.69 bits per heavy atom. The number of primary amides is 1. The fourth-order valence-electron chi connectivity index (χ4n) is 4.49. The highest BCUT2D eigenvalue weighted by Gasteiger charge is 2.25. The molecular weight excluding hydrogens is 362 g/mol. The predicted octanol–water partition coefficient (Wildman–Crippen LogP) is 3.93. The lowest BCUT2D eigenvalue weighted by atomic mass is 9.85. The summed E-state index contributed by atoms with van der Waals surface area (Å²) in [7, 11) is 0. The van der Waals surface area contributed by atoms with E-state index < -0.39 is 5.91 Å². The largest absolute Gasteiger partial charge is 0.366 e. The Morgan fingerprint density at radius 2 is 2.00 bits per heavy atom. The van der Waals surface area contributed by atoms with Gasteiger partial charge in [0, 0.05) is 24.2 Å². The Labute approximate surface area is 170 Å². The lowest BCUT2D eigenvalue weighted by Gasteiger charge is -2.30. The number of nitrogens with zero attached hydrogens (tertiary/aromatic N) is 1. The maximum absolute atomic E-state index is 12.1. The fourth-order valence-corrected chi connectivity index (χ4v) is 4.49. The predicted molar refractivity (Wildman–Crippen MR) is 116 cm³/mol. The summed E-state index contributed by atoms with van der Waals surface area (Å²) in [5.41, 5.74) is 14.9. The zero-order valence-corrected chi connectivity index (χ0v) is 17.1. The van der Waals surface area contributed by atoms with Gasteiger partial charge in [-0.25, -0.2) is 0 Å². The molecule has 0 aliphatic carbocycles. The van der Waals surface area contributed by atoms with Crippen LogP contribution in [0.15, 0.2) is 36.9 Å². The van der Waals surface area contributed by atoms with Crippen LogP contribution in [0.25, 0.3) is 22.0 Å². The van der Waals surface area contributed by atoms with Crippen molar-refractivity contribution >= 4 is 22.7 Å². The minimum Gasteiger partial charge on any atom is -0.366 e. The first-order valence-corrected chi connectivity index (χ1v) is 9.78. The van der Waals surface area contributed by atoms with Gasteiger partial charge in [-0.2, -0.15) is 0 Å². The molecule has 148 valence electrons. The highest BCUT2D eigenvalue weighted by atomic mass is 16.2. The molecular formula is C24H25N3O2. The molecule has 1 aliphatic rings. The summed E-state index contributed by atoms with van der Waals surface area (Å²) in [5, 5.41) is 1.05. The molecule has 4 rings (SSSR count). The zero-order chi connectivity index (χ0) is 20.9. The van der Waals surface area contributed by atoms with Gasteiger partial charge >= 0.3 is 0 Å². The molecule has 0 radical (unpaired) electrons. The van der Waals surface area contributed by atoms with E-state index >= 15 is 0 Å². The number of H-pyrrole nitrogens is 1. The van der Waals surface area contributed by atoms with E-state index in [0.29, 0.717) is 18.7 Å². The van der Waals surface area contributed by atoms with Crippen molar-refractivity contribution in [2.45, 2.75) is 33.7 Å². The first kappa shape index (κ1) is 19.0. The van der Waals surface area contributed by atoms with Crippen molar-refractivity contribution in [2.75, 3.05) is 6.54 Å². The molecule has 3 aromatic rings. The van der Waals surface area contributed by atoms with Gasteiger partial charge < -0.3 is 15.6 Å². The molecule has 3 N–H and O–H groups in total. The minimum absolute atomic E-state index is 0.0393. The summed E-state index contributed by atoms with van der Waals surface area (Å²) in [5.74, 6) is -0.470. The molecule has 1 aromatic heterocycles. The summed E-state index contributed by atoms with van der Waals surface area (Å²) in [4.78, 5) is 29.3. The average molecular weight is 387 g/mol. The molecule has 5 heteroatoms. The number of hydrogen-bond acceptors (Lipinski definition) is 2. The van der Waals surface area contributed by atoms with Crippen molar-refractivity contribution in [2.24, 2.45) is 5.73 Å². The van der Waals surface area contributed by atoms with Crippen molar-refractivity contribution in [3.05, 3.63) is 70.4 Å². The van der Waals surface area contributed by atoms with E-state index in [0.717, 1.165) is 50.8 Å². The van der Waals surface area contributed by atoms with E-state index in [1.165, 1.54) is 11.6 Å². The molecule has 0 fully saturated rings. The maximum Gasteiger partial charge on any atom is 0.250 e. The molecule has 1 aliphatic heterocycles.